The highest BCUT2D eigenvalue weighted by Gasteiger charge is 2.59. The fourth-order valence-corrected chi connectivity index (χ4v) is 5.21. The monoisotopic (exact) mass is 432 g/mol. The maximum Gasteiger partial charge on any atom is 0.328 e. The third kappa shape index (κ3) is 2.92. The number of aromatic nitrogens is 1. The summed E-state index contributed by atoms with van der Waals surface area (Å²) in [6.45, 7) is 3.07. The van der Waals surface area contributed by atoms with Gasteiger partial charge in [-0.2, -0.15) is 0 Å². The SMILES string of the molecule is CNCCCN1C(=O)N2[C@H](c3ccccc3)c3[nH]c4ccc(OC)cc4c3C[C@@]2(C)C1=O. The number of hydrogen-bond acceptors (Lipinski definition) is 4. The van der Waals surface area contributed by atoms with Crippen molar-refractivity contribution in [1.82, 2.24) is 20.1 Å². The van der Waals surface area contributed by atoms with Crippen molar-refractivity contribution in [3.8, 4) is 5.75 Å². The molecule has 3 heterocycles. The molecule has 0 aliphatic carbocycles. The second kappa shape index (κ2) is 7.67. The van der Waals surface area contributed by atoms with Gasteiger partial charge in [0.25, 0.3) is 5.91 Å². The lowest BCUT2D eigenvalue weighted by Crippen LogP contribution is -2.53. The molecule has 2 aliphatic heterocycles. The molecule has 1 fully saturated rings. The first-order chi connectivity index (χ1) is 15.5. The predicted molar refractivity (Wildman–Crippen MR) is 123 cm³/mol. The van der Waals surface area contributed by atoms with Crippen LogP contribution in [-0.2, 0) is 11.2 Å². The van der Waals surface area contributed by atoms with E-state index in [9.17, 15) is 9.59 Å². The Morgan fingerprint density at radius 2 is 1.97 bits per heavy atom. The number of aromatic amines is 1. The quantitative estimate of drug-likeness (QED) is 0.462. The second-order valence-electron chi connectivity index (χ2n) is 8.76. The number of carbonyl (C=O) groups is 2. The first-order valence-corrected chi connectivity index (χ1v) is 11.0. The van der Waals surface area contributed by atoms with Crippen LogP contribution in [0.25, 0.3) is 10.9 Å². The number of nitrogens with zero attached hydrogens (tertiary/aromatic N) is 2. The molecule has 7 heteroatoms. The number of hydrogen-bond donors (Lipinski definition) is 2. The molecule has 2 aliphatic rings. The van der Waals surface area contributed by atoms with Crippen molar-refractivity contribution in [3.05, 3.63) is 65.4 Å². The average molecular weight is 433 g/mol. The van der Waals surface area contributed by atoms with Crippen molar-refractivity contribution < 1.29 is 14.3 Å². The van der Waals surface area contributed by atoms with Crippen LogP contribution in [0.15, 0.2) is 48.5 Å². The van der Waals surface area contributed by atoms with Gasteiger partial charge in [0.05, 0.1) is 7.11 Å². The summed E-state index contributed by atoms with van der Waals surface area (Å²) in [5, 5.41) is 4.13. The van der Waals surface area contributed by atoms with E-state index in [2.05, 4.69) is 10.3 Å². The van der Waals surface area contributed by atoms with Crippen LogP contribution in [0, 0.1) is 0 Å². The number of imide groups is 1. The largest absolute Gasteiger partial charge is 0.497 e. The van der Waals surface area contributed by atoms with Crippen LogP contribution in [-0.4, -0.2) is 59.5 Å². The number of amides is 3. The van der Waals surface area contributed by atoms with Crippen molar-refractivity contribution in [2.75, 3.05) is 27.2 Å². The number of H-pyrrole nitrogens is 1. The Morgan fingerprint density at radius 3 is 2.69 bits per heavy atom. The second-order valence-corrected chi connectivity index (χ2v) is 8.76. The average Bonchev–Trinajstić information content (AvgIpc) is 3.25. The van der Waals surface area contributed by atoms with Gasteiger partial charge in [-0.3, -0.25) is 14.6 Å². The molecule has 0 bridgehead atoms. The van der Waals surface area contributed by atoms with E-state index in [1.807, 2.05) is 62.5 Å². The summed E-state index contributed by atoms with van der Waals surface area (Å²) in [4.78, 5) is 34.1. The number of benzene rings is 2. The van der Waals surface area contributed by atoms with Gasteiger partial charge in [-0.1, -0.05) is 30.3 Å². The Balaban J connectivity index is 1.68. The number of rotatable bonds is 6. The molecule has 0 spiro atoms. The number of ether oxygens (including phenoxy) is 1. The molecule has 2 aromatic carbocycles. The van der Waals surface area contributed by atoms with Gasteiger partial charge in [0.1, 0.15) is 17.3 Å². The van der Waals surface area contributed by atoms with Gasteiger partial charge < -0.3 is 15.0 Å². The van der Waals surface area contributed by atoms with Gasteiger partial charge in [-0.25, -0.2) is 4.79 Å². The fraction of sp³-hybridized carbons (Fsp3) is 0.360. The van der Waals surface area contributed by atoms with E-state index in [1.54, 1.807) is 12.0 Å². The first-order valence-electron chi connectivity index (χ1n) is 11.0. The lowest BCUT2D eigenvalue weighted by atomic mass is 9.81. The molecule has 1 saturated heterocycles. The zero-order chi connectivity index (χ0) is 22.5. The number of fused-ring (bicyclic) bond motifs is 4. The van der Waals surface area contributed by atoms with Crippen LogP contribution in [0.5, 0.6) is 5.75 Å². The maximum absolute atomic E-state index is 13.6. The van der Waals surface area contributed by atoms with E-state index in [-0.39, 0.29) is 18.0 Å². The Hall–Kier alpha value is -3.32. The molecule has 1 aromatic heterocycles. The summed E-state index contributed by atoms with van der Waals surface area (Å²) in [5.74, 6) is 0.646. The summed E-state index contributed by atoms with van der Waals surface area (Å²) in [6.07, 6.45) is 1.19. The minimum Gasteiger partial charge on any atom is -0.497 e. The Morgan fingerprint density at radius 1 is 1.19 bits per heavy atom. The van der Waals surface area contributed by atoms with Crippen molar-refractivity contribution in [1.29, 1.82) is 0 Å². The summed E-state index contributed by atoms with van der Waals surface area (Å²) in [5.41, 5.74) is 3.06. The molecule has 0 saturated carbocycles. The number of carbonyl (C=O) groups excluding carboxylic acids is 2. The van der Waals surface area contributed by atoms with Crippen molar-refractivity contribution >= 4 is 22.8 Å². The third-order valence-electron chi connectivity index (χ3n) is 6.80. The van der Waals surface area contributed by atoms with Crippen LogP contribution in [0.2, 0.25) is 0 Å². The van der Waals surface area contributed by atoms with Crippen LogP contribution < -0.4 is 10.1 Å². The van der Waals surface area contributed by atoms with E-state index in [0.29, 0.717) is 13.0 Å². The lowest BCUT2D eigenvalue weighted by Gasteiger charge is -2.42. The number of urea groups is 1. The lowest BCUT2D eigenvalue weighted by molar-refractivity contribution is -0.133. The van der Waals surface area contributed by atoms with Crippen LogP contribution >= 0.6 is 0 Å². The smallest absolute Gasteiger partial charge is 0.328 e. The summed E-state index contributed by atoms with van der Waals surface area (Å²) >= 11 is 0. The van der Waals surface area contributed by atoms with E-state index < -0.39 is 5.54 Å². The molecule has 2 N–H and O–H groups in total. The van der Waals surface area contributed by atoms with Crippen LogP contribution in [0.1, 0.15) is 36.2 Å². The van der Waals surface area contributed by atoms with E-state index >= 15 is 0 Å². The number of nitrogens with one attached hydrogen (secondary N) is 2. The van der Waals surface area contributed by atoms with Crippen molar-refractivity contribution in [3.63, 3.8) is 0 Å². The Labute approximate surface area is 187 Å². The molecule has 0 unspecified atom stereocenters. The first kappa shape index (κ1) is 20.6. The van der Waals surface area contributed by atoms with Gasteiger partial charge in [0, 0.05) is 29.6 Å². The standard InChI is InChI=1S/C25H28N4O3/c1-25-15-19-18-14-17(32-3)10-11-20(18)27-21(19)22(16-8-5-4-6-9-16)29(25)24(31)28(23(25)30)13-7-12-26-2/h4-6,8-11,14,22,26-27H,7,12-13,15H2,1-3H3/t22-,25+/m1/s1. The molecule has 2 atom stereocenters. The van der Waals surface area contributed by atoms with E-state index in [0.717, 1.165) is 46.4 Å². The predicted octanol–water partition coefficient (Wildman–Crippen LogP) is 3.45. The highest BCUT2D eigenvalue weighted by atomic mass is 16.5. The Bertz CT molecular complexity index is 1190. The van der Waals surface area contributed by atoms with Crippen molar-refractivity contribution in [2.24, 2.45) is 0 Å². The normalized spacial score (nSPS) is 22.4. The molecule has 5 rings (SSSR count). The van der Waals surface area contributed by atoms with E-state index in [1.165, 1.54) is 4.90 Å². The molecule has 0 radical (unpaired) electrons. The van der Waals surface area contributed by atoms with Gasteiger partial charge in [0.2, 0.25) is 0 Å². The summed E-state index contributed by atoms with van der Waals surface area (Å²) in [7, 11) is 3.52. The highest BCUT2D eigenvalue weighted by Crippen LogP contribution is 2.48. The van der Waals surface area contributed by atoms with Gasteiger partial charge >= 0.3 is 6.03 Å². The zero-order valence-corrected chi connectivity index (χ0v) is 18.6. The Kier molecular flexibility index (Phi) is 4.93. The van der Waals surface area contributed by atoms with Gasteiger partial charge in [0.15, 0.2) is 0 Å². The molecule has 3 amide bonds. The van der Waals surface area contributed by atoms with Crippen LogP contribution in [0.4, 0.5) is 4.79 Å². The third-order valence-corrected chi connectivity index (χ3v) is 6.80. The molecular formula is C25H28N4O3. The maximum atomic E-state index is 13.6. The number of methoxy groups -OCH3 is 1. The van der Waals surface area contributed by atoms with Gasteiger partial charge in [-0.05, 0) is 56.3 Å². The van der Waals surface area contributed by atoms with Crippen molar-refractivity contribution in [2.45, 2.75) is 31.3 Å². The van der Waals surface area contributed by atoms with Crippen LogP contribution in [0.3, 0.4) is 0 Å². The molecule has 166 valence electrons. The molecular weight excluding hydrogens is 404 g/mol. The molecule has 7 nitrogen and oxygen atoms in total. The topological polar surface area (TPSA) is 77.7 Å². The molecule has 32 heavy (non-hydrogen) atoms. The zero-order valence-electron chi connectivity index (χ0n) is 18.6. The van der Waals surface area contributed by atoms with E-state index in [4.69, 9.17) is 4.74 Å². The minimum absolute atomic E-state index is 0.123. The van der Waals surface area contributed by atoms with Gasteiger partial charge in [-0.15, -0.1) is 0 Å². The summed E-state index contributed by atoms with van der Waals surface area (Å²) in [6, 6.07) is 15.3. The summed E-state index contributed by atoms with van der Waals surface area (Å²) < 4.78 is 5.46. The minimum atomic E-state index is -0.942. The highest BCUT2D eigenvalue weighted by molar-refractivity contribution is 6.08. The fourth-order valence-electron chi connectivity index (χ4n) is 5.21. The molecule has 3 aromatic rings.